The summed E-state index contributed by atoms with van der Waals surface area (Å²) in [5.74, 6) is 0.0283. The van der Waals surface area contributed by atoms with Gasteiger partial charge < -0.3 is 16.0 Å². The van der Waals surface area contributed by atoms with Gasteiger partial charge in [-0.15, -0.1) is 11.3 Å². The molecule has 1 aromatic carbocycles. The molecule has 1 saturated carbocycles. The number of rotatable bonds is 3. The van der Waals surface area contributed by atoms with Gasteiger partial charge in [-0.1, -0.05) is 18.2 Å². The summed E-state index contributed by atoms with van der Waals surface area (Å²) >= 11 is 1.52. The smallest absolute Gasteiger partial charge is 0.265 e. The van der Waals surface area contributed by atoms with E-state index < -0.39 is 0 Å². The zero-order valence-electron chi connectivity index (χ0n) is 15.7. The van der Waals surface area contributed by atoms with E-state index in [-0.39, 0.29) is 11.6 Å². The maximum absolute atomic E-state index is 12.8. The monoisotopic (exact) mass is 393 g/mol. The first-order chi connectivity index (χ1) is 13.6. The van der Waals surface area contributed by atoms with Gasteiger partial charge in [0.25, 0.3) is 5.91 Å². The molecule has 4 N–H and O–H groups in total. The number of benzene rings is 1. The highest BCUT2D eigenvalue weighted by atomic mass is 32.1. The van der Waals surface area contributed by atoms with E-state index >= 15 is 0 Å². The average Bonchev–Trinajstić information content (AvgIpc) is 3.31. The van der Waals surface area contributed by atoms with Crippen LogP contribution in [0.25, 0.3) is 10.4 Å². The third-order valence-electron chi connectivity index (χ3n) is 5.74. The summed E-state index contributed by atoms with van der Waals surface area (Å²) in [5.41, 5.74) is 3.83. The van der Waals surface area contributed by atoms with E-state index in [4.69, 9.17) is 0 Å². The Balaban J connectivity index is 1.32. The van der Waals surface area contributed by atoms with Gasteiger partial charge in [0.05, 0.1) is 11.9 Å². The fourth-order valence-electron chi connectivity index (χ4n) is 4.22. The van der Waals surface area contributed by atoms with Gasteiger partial charge in [0.1, 0.15) is 10.5 Å². The molecule has 144 valence electrons. The van der Waals surface area contributed by atoms with Crippen LogP contribution in [-0.4, -0.2) is 27.8 Å². The van der Waals surface area contributed by atoms with Gasteiger partial charge in [0.2, 0.25) is 0 Å². The topological polar surface area (TPSA) is 81.8 Å². The van der Waals surface area contributed by atoms with Crippen molar-refractivity contribution in [2.75, 3.05) is 10.6 Å². The van der Waals surface area contributed by atoms with Crippen LogP contribution in [0.1, 0.15) is 41.0 Å². The molecule has 3 heterocycles. The molecule has 2 aromatic heterocycles. The van der Waals surface area contributed by atoms with Crippen molar-refractivity contribution in [3.05, 3.63) is 53.2 Å². The standard InChI is InChI=1S/C21H23N5OS/c1-13-16(12-22-26-13)18-11-17-19(28-18)20(27)25-21(24-17)9-7-15(8-10-21)23-14-5-3-2-4-6-14/h2-6,11-12,15,23-24H,7-10H2,1H3,(H,22,26)(H,25,27). The van der Waals surface area contributed by atoms with Crippen molar-refractivity contribution in [3.63, 3.8) is 0 Å². The first kappa shape index (κ1) is 17.3. The van der Waals surface area contributed by atoms with Crippen molar-refractivity contribution in [2.45, 2.75) is 44.3 Å². The molecule has 5 rings (SSSR count). The summed E-state index contributed by atoms with van der Waals surface area (Å²) in [5, 5.41) is 17.6. The van der Waals surface area contributed by atoms with Crippen LogP contribution >= 0.6 is 11.3 Å². The normalized spacial score (nSPS) is 23.8. The first-order valence-corrected chi connectivity index (χ1v) is 10.5. The second kappa shape index (κ2) is 6.67. The van der Waals surface area contributed by atoms with Crippen molar-refractivity contribution in [1.82, 2.24) is 15.5 Å². The van der Waals surface area contributed by atoms with Crippen LogP contribution in [0.15, 0.2) is 42.6 Å². The summed E-state index contributed by atoms with van der Waals surface area (Å²) < 4.78 is 0. The molecule has 1 fully saturated rings. The summed E-state index contributed by atoms with van der Waals surface area (Å²) in [4.78, 5) is 14.6. The first-order valence-electron chi connectivity index (χ1n) is 9.68. The summed E-state index contributed by atoms with van der Waals surface area (Å²) in [7, 11) is 0. The van der Waals surface area contributed by atoms with Crippen LogP contribution in [-0.2, 0) is 0 Å². The Morgan fingerprint density at radius 2 is 1.96 bits per heavy atom. The maximum Gasteiger partial charge on any atom is 0.265 e. The second-order valence-corrected chi connectivity index (χ2v) is 8.76. The van der Waals surface area contributed by atoms with Gasteiger partial charge in [-0.05, 0) is 50.8 Å². The molecule has 3 aromatic rings. The second-order valence-electron chi connectivity index (χ2n) is 7.71. The Labute approximate surface area is 167 Å². The van der Waals surface area contributed by atoms with Crippen LogP contribution < -0.4 is 16.0 Å². The molecule has 0 radical (unpaired) electrons. The number of aromatic nitrogens is 2. The van der Waals surface area contributed by atoms with Crippen molar-refractivity contribution < 1.29 is 4.79 Å². The van der Waals surface area contributed by atoms with Gasteiger partial charge in [0, 0.05) is 27.9 Å². The molecule has 1 spiro atoms. The number of nitrogens with one attached hydrogen (secondary N) is 4. The van der Waals surface area contributed by atoms with E-state index in [2.05, 4.69) is 44.3 Å². The SMILES string of the molecule is Cc1[nH]ncc1-c1cc2c(s1)C(=O)NC1(CCC(Nc3ccccc3)CC1)N2. The van der Waals surface area contributed by atoms with E-state index in [9.17, 15) is 4.79 Å². The van der Waals surface area contributed by atoms with E-state index in [0.29, 0.717) is 6.04 Å². The quantitative estimate of drug-likeness (QED) is 0.533. The van der Waals surface area contributed by atoms with Crippen molar-refractivity contribution >= 4 is 28.6 Å². The number of aryl methyl sites for hydroxylation is 1. The number of H-pyrrole nitrogens is 1. The number of hydrogen-bond donors (Lipinski definition) is 4. The highest BCUT2D eigenvalue weighted by Crippen LogP contribution is 2.42. The molecule has 0 unspecified atom stereocenters. The Bertz CT molecular complexity index is 1000. The molecule has 0 saturated heterocycles. The number of fused-ring (bicyclic) bond motifs is 1. The summed E-state index contributed by atoms with van der Waals surface area (Å²) in [6, 6.07) is 12.8. The number of nitrogens with zero attached hydrogens (tertiary/aromatic N) is 1. The fourth-order valence-corrected chi connectivity index (χ4v) is 5.30. The largest absolute Gasteiger partial charge is 0.382 e. The average molecular weight is 394 g/mol. The van der Waals surface area contributed by atoms with E-state index in [1.165, 1.54) is 11.3 Å². The lowest BCUT2D eigenvalue weighted by atomic mass is 9.84. The van der Waals surface area contributed by atoms with Gasteiger partial charge in [-0.25, -0.2) is 0 Å². The molecule has 7 heteroatoms. The molecule has 0 bridgehead atoms. The number of thiophene rings is 1. The minimum absolute atomic E-state index is 0.0283. The number of anilines is 2. The van der Waals surface area contributed by atoms with Gasteiger partial charge >= 0.3 is 0 Å². The number of aromatic amines is 1. The number of carbonyl (C=O) groups excluding carboxylic acids is 1. The van der Waals surface area contributed by atoms with Gasteiger partial charge in [0.15, 0.2) is 0 Å². The lowest BCUT2D eigenvalue weighted by Crippen LogP contribution is -2.59. The van der Waals surface area contributed by atoms with Crippen LogP contribution in [0.2, 0.25) is 0 Å². The van der Waals surface area contributed by atoms with Crippen molar-refractivity contribution in [2.24, 2.45) is 0 Å². The number of carbonyl (C=O) groups is 1. The predicted octanol–water partition coefficient (Wildman–Crippen LogP) is 4.35. The highest BCUT2D eigenvalue weighted by Gasteiger charge is 2.41. The molecule has 0 atom stereocenters. The lowest BCUT2D eigenvalue weighted by Gasteiger charge is -2.44. The Morgan fingerprint density at radius 3 is 2.68 bits per heavy atom. The zero-order valence-corrected chi connectivity index (χ0v) is 16.5. The van der Waals surface area contributed by atoms with E-state index in [1.54, 1.807) is 0 Å². The van der Waals surface area contributed by atoms with Crippen LogP contribution in [0.4, 0.5) is 11.4 Å². The van der Waals surface area contributed by atoms with Gasteiger partial charge in [-0.2, -0.15) is 5.10 Å². The van der Waals surface area contributed by atoms with Gasteiger partial charge in [-0.3, -0.25) is 9.89 Å². The number of amides is 1. The molecule has 6 nitrogen and oxygen atoms in total. The zero-order chi connectivity index (χ0) is 19.1. The summed E-state index contributed by atoms with van der Waals surface area (Å²) in [6.45, 7) is 2.00. The van der Waals surface area contributed by atoms with Crippen molar-refractivity contribution in [3.8, 4) is 10.4 Å². The van der Waals surface area contributed by atoms with Crippen LogP contribution in [0.3, 0.4) is 0 Å². The molecule has 28 heavy (non-hydrogen) atoms. The highest BCUT2D eigenvalue weighted by molar-refractivity contribution is 7.18. The Kier molecular flexibility index (Phi) is 4.12. The van der Waals surface area contributed by atoms with Crippen molar-refractivity contribution in [1.29, 1.82) is 0 Å². The molecule has 2 aliphatic rings. The van der Waals surface area contributed by atoms with Crippen LogP contribution in [0.5, 0.6) is 0 Å². The van der Waals surface area contributed by atoms with Crippen LogP contribution in [0, 0.1) is 6.92 Å². The number of para-hydroxylation sites is 1. The molecule has 1 amide bonds. The summed E-state index contributed by atoms with van der Waals surface area (Å²) in [6.07, 6.45) is 5.64. The fraction of sp³-hybridized carbons (Fsp3) is 0.333. The maximum atomic E-state index is 12.8. The van der Waals surface area contributed by atoms with E-state index in [0.717, 1.165) is 58.1 Å². The third kappa shape index (κ3) is 3.05. The lowest BCUT2D eigenvalue weighted by molar-refractivity contribution is 0.0878. The Morgan fingerprint density at radius 1 is 1.18 bits per heavy atom. The number of hydrogen-bond acceptors (Lipinski definition) is 5. The molecular formula is C21H23N5OS. The minimum Gasteiger partial charge on any atom is -0.382 e. The molecule has 1 aliphatic carbocycles. The third-order valence-corrected chi connectivity index (χ3v) is 6.91. The molecule has 1 aliphatic heterocycles. The predicted molar refractivity (Wildman–Crippen MR) is 113 cm³/mol. The molecular weight excluding hydrogens is 370 g/mol. The van der Waals surface area contributed by atoms with E-state index in [1.807, 2.05) is 31.3 Å². The minimum atomic E-state index is -0.345. The Hall–Kier alpha value is -2.80.